The number of amidine groups is 2. The molecule has 6 heteroatoms. The van der Waals surface area contributed by atoms with E-state index in [4.69, 9.17) is 10.1 Å². The van der Waals surface area contributed by atoms with Gasteiger partial charge in [0.05, 0.1) is 39.8 Å². The smallest absolute Gasteiger partial charge is 0.198 e. The van der Waals surface area contributed by atoms with Crippen LogP contribution in [-0.2, 0) is 0 Å². The number of rotatable bonds is 25. The van der Waals surface area contributed by atoms with Crippen LogP contribution in [0.4, 0.5) is 0 Å². The molecule has 250 valence electrons. The Labute approximate surface area is 269 Å². The maximum absolute atomic E-state index is 8.65. The van der Waals surface area contributed by atoms with E-state index in [1.54, 1.807) is 5.84 Å². The van der Waals surface area contributed by atoms with Gasteiger partial charge in [-0.15, -0.1) is 0 Å². The van der Waals surface area contributed by atoms with Crippen LogP contribution in [0.25, 0.3) is 0 Å². The van der Waals surface area contributed by atoms with Crippen LogP contribution < -0.4 is 12.4 Å². The number of unbranched alkanes of at least 4 members (excludes halogenated alkanes) is 16. The predicted octanol–water partition coefficient (Wildman–Crippen LogP) is 6.33. The van der Waals surface area contributed by atoms with E-state index in [0.29, 0.717) is 6.61 Å². The van der Waals surface area contributed by atoms with Gasteiger partial charge >= 0.3 is 0 Å². The summed E-state index contributed by atoms with van der Waals surface area (Å²) in [6.07, 6.45) is 28.8. The zero-order valence-electron chi connectivity index (χ0n) is 29.1. The molecule has 1 atom stereocenters. The topological polar surface area (TPSA) is 45.0 Å². The highest BCUT2D eigenvalue weighted by Gasteiger charge is 2.35. The van der Waals surface area contributed by atoms with Gasteiger partial charge < -0.3 is 17.5 Å². The Hall–Kier alpha value is -0.490. The summed E-state index contributed by atoms with van der Waals surface area (Å²) < 4.78 is 2.25. The summed E-state index contributed by atoms with van der Waals surface area (Å²) >= 11 is 0. The highest BCUT2D eigenvalue weighted by molar-refractivity contribution is 5.76. The van der Waals surface area contributed by atoms with Crippen LogP contribution in [-0.4, -0.2) is 85.2 Å². The molecule has 5 nitrogen and oxygen atoms in total. The van der Waals surface area contributed by atoms with Crippen molar-refractivity contribution in [2.75, 3.05) is 59.5 Å². The number of hydrogen-bond donors (Lipinski definition) is 1. The zero-order valence-corrected chi connectivity index (χ0v) is 29.9. The van der Waals surface area contributed by atoms with Crippen LogP contribution in [0.5, 0.6) is 0 Å². The molecule has 2 aliphatic heterocycles. The molecule has 2 rings (SSSR count). The van der Waals surface area contributed by atoms with E-state index in [1.165, 1.54) is 158 Å². The van der Waals surface area contributed by atoms with Crippen LogP contribution >= 0.6 is 0 Å². The van der Waals surface area contributed by atoms with Crippen molar-refractivity contribution < 1.29 is 26.5 Å². The fourth-order valence-electron chi connectivity index (χ4n) is 6.86. The SMILES string of the molecule is CC1=NCC[N+]1(C)CCCCCO.CCCCCCCCCCCCCCCCCC1=NCC[N+]1(CCC)CCC.[Cl-]. The molecule has 0 fully saturated rings. The lowest BCUT2D eigenvalue weighted by atomic mass is 10.0. The number of aliphatic hydroxyl groups excluding tert-OH is 1. The van der Waals surface area contributed by atoms with Crippen molar-refractivity contribution in [2.24, 2.45) is 9.98 Å². The van der Waals surface area contributed by atoms with E-state index in [-0.39, 0.29) is 12.4 Å². The van der Waals surface area contributed by atoms with Gasteiger partial charge in [-0.1, -0.05) is 111 Å². The Morgan fingerprint density at radius 2 is 1.05 bits per heavy atom. The summed E-state index contributed by atoms with van der Waals surface area (Å²) in [7, 11) is 2.25. The van der Waals surface area contributed by atoms with Crippen LogP contribution in [0.15, 0.2) is 9.98 Å². The molecule has 0 aromatic heterocycles. The predicted molar refractivity (Wildman–Crippen MR) is 182 cm³/mol. The Balaban J connectivity index is 0.00000100. The molecular formula is C36H74ClN4O+. The molecule has 42 heavy (non-hydrogen) atoms. The average molecular weight is 614 g/mol. The van der Waals surface area contributed by atoms with Crippen molar-refractivity contribution in [3.8, 4) is 0 Å². The standard InChI is InChI=1S/C26H53N2.C10H21N2O.ClH/c1-4-7-8-9-10-11-12-13-14-15-16-17-18-19-20-21-26-27-22-25-28(26,23-5-2)24-6-3;1-10-11-6-8-12(10,2)7-4-3-5-9-13;/h4-25H2,1-3H3;13H,3-9H2,1-2H3;1H/q2*+1;/p-1. The Morgan fingerprint density at radius 1 is 0.571 bits per heavy atom. The molecule has 0 saturated heterocycles. The normalized spacial score (nSPS) is 19.2. The van der Waals surface area contributed by atoms with Gasteiger partial charge in [-0.25, -0.2) is 9.98 Å². The molecule has 2 heterocycles. The van der Waals surface area contributed by atoms with Gasteiger partial charge in [0.25, 0.3) is 0 Å². The molecular weight excluding hydrogens is 540 g/mol. The number of aliphatic hydroxyl groups is 1. The molecule has 2 aliphatic rings. The summed E-state index contributed by atoms with van der Waals surface area (Å²) in [6, 6.07) is 0. The van der Waals surface area contributed by atoms with Crippen molar-refractivity contribution in [3.63, 3.8) is 0 Å². The summed E-state index contributed by atoms with van der Waals surface area (Å²) in [6.45, 7) is 17.7. The molecule has 0 spiro atoms. The zero-order chi connectivity index (χ0) is 30.1. The Kier molecular flexibility index (Phi) is 26.6. The van der Waals surface area contributed by atoms with Gasteiger partial charge in [-0.05, 0) is 38.5 Å². The van der Waals surface area contributed by atoms with Gasteiger partial charge in [-0.3, -0.25) is 8.97 Å². The van der Waals surface area contributed by atoms with Gasteiger partial charge in [0.1, 0.15) is 13.1 Å². The van der Waals surface area contributed by atoms with E-state index >= 15 is 0 Å². The molecule has 0 radical (unpaired) electrons. The van der Waals surface area contributed by atoms with Crippen molar-refractivity contribution in [1.82, 2.24) is 0 Å². The quantitative estimate of drug-likeness (QED) is 0.0949. The van der Waals surface area contributed by atoms with E-state index in [2.05, 4.69) is 39.7 Å². The minimum Gasteiger partial charge on any atom is -1.00 e. The lowest BCUT2D eigenvalue weighted by Gasteiger charge is -2.34. The first-order valence-electron chi connectivity index (χ1n) is 18.3. The second-order valence-corrected chi connectivity index (χ2v) is 13.4. The third-order valence-corrected chi connectivity index (χ3v) is 9.70. The number of halogens is 1. The molecule has 0 aliphatic carbocycles. The molecule has 1 N–H and O–H groups in total. The molecule has 0 aromatic rings. The molecule has 0 saturated carbocycles. The van der Waals surface area contributed by atoms with E-state index in [9.17, 15) is 0 Å². The number of aliphatic imine (C=N–C) groups is 2. The number of hydrogen-bond acceptors (Lipinski definition) is 3. The van der Waals surface area contributed by atoms with E-state index in [0.717, 1.165) is 37.0 Å². The number of quaternary nitrogens is 2. The van der Waals surface area contributed by atoms with Gasteiger partial charge in [0.15, 0.2) is 11.7 Å². The van der Waals surface area contributed by atoms with Gasteiger partial charge in [0.2, 0.25) is 0 Å². The monoisotopic (exact) mass is 614 g/mol. The first-order valence-corrected chi connectivity index (χ1v) is 18.3. The van der Waals surface area contributed by atoms with Crippen molar-refractivity contribution in [1.29, 1.82) is 0 Å². The van der Waals surface area contributed by atoms with Crippen molar-refractivity contribution in [3.05, 3.63) is 0 Å². The summed E-state index contributed by atoms with van der Waals surface area (Å²) in [5.41, 5.74) is 0. The maximum Gasteiger partial charge on any atom is 0.198 e. The summed E-state index contributed by atoms with van der Waals surface area (Å²) in [5, 5.41) is 8.65. The lowest BCUT2D eigenvalue weighted by Crippen LogP contribution is -3.00. The van der Waals surface area contributed by atoms with Crippen LogP contribution in [0.2, 0.25) is 0 Å². The second kappa shape index (κ2) is 26.9. The molecule has 0 bridgehead atoms. The van der Waals surface area contributed by atoms with E-state index in [1.807, 2.05) is 0 Å². The minimum atomic E-state index is 0. The summed E-state index contributed by atoms with van der Waals surface area (Å²) in [5.74, 6) is 2.81. The van der Waals surface area contributed by atoms with Crippen LogP contribution in [0, 0.1) is 0 Å². The maximum atomic E-state index is 8.65. The number of nitrogens with zero attached hydrogens (tertiary/aromatic N) is 4. The van der Waals surface area contributed by atoms with Crippen LogP contribution in [0.3, 0.4) is 0 Å². The molecule has 0 amide bonds. The van der Waals surface area contributed by atoms with E-state index < -0.39 is 0 Å². The number of likely N-dealkylation sites (N-methyl/N-ethyl adjacent to an activating group) is 1. The van der Waals surface area contributed by atoms with Crippen molar-refractivity contribution >= 4 is 11.7 Å². The molecule has 1 unspecified atom stereocenters. The third kappa shape index (κ3) is 17.7. The third-order valence-electron chi connectivity index (χ3n) is 9.70. The van der Waals surface area contributed by atoms with Gasteiger partial charge in [0, 0.05) is 20.0 Å². The Morgan fingerprint density at radius 3 is 1.50 bits per heavy atom. The fraction of sp³-hybridized carbons (Fsp3) is 0.944. The van der Waals surface area contributed by atoms with Crippen LogP contribution in [0.1, 0.15) is 163 Å². The second-order valence-electron chi connectivity index (χ2n) is 13.4. The Bertz CT molecular complexity index is 677. The first kappa shape index (κ1) is 41.5. The highest BCUT2D eigenvalue weighted by Crippen LogP contribution is 2.22. The first-order chi connectivity index (χ1) is 20.0. The average Bonchev–Trinajstić information content (AvgIpc) is 3.51. The summed E-state index contributed by atoms with van der Waals surface area (Å²) in [4.78, 5) is 9.35. The van der Waals surface area contributed by atoms with Crippen molar-refractivity contribution in [2.45, 2.75) is 163 Å². The molecule has 0 aromatic carbocycles. The minimum absolute atomic E-state index is 0. The fourth-order valence-corrected chi connectivity index (χ4v) is 6.86. The lowest BCUT2D eigenvalue weighted by molar-refractivity contribution is -0.836. The largest absolute Gasteiger partial charge is 1.00 e. The highest BCUT2D eigenvalue weighted by atomic mass is 35.5. The van der Waals surface area contributed by atoms with Gasteiger partial charge in [-0.2, -0.15) is 0 Å².